The normalized spacial score (nSPS) is 24.1. The molecule has 2 atom stereocenters. The minimum atomic E-state index is -0.373. The summed E-state index contributed by atoms with van der Waals surface area (Å²) >= 11 is 0. The summed E-state index contributed by atoms with van der Waals surface area (Å²) in [5, 5.41) is 0. The number of cyclic esters (lactones) is 2. The first kappa shape index (κ1) is 12.2. The zero-order valence-corrected chi connectivity index (χ0v) is 10.0. The lowest BCUT2D eigenvalue weighted by atomic mass is 9.72. The molecule has 0 radical (unpaired) electrons. The number of carbonyl (C=O) groups excluding carboxylic acids is 2. The van der Waals surface area contributed by atoms with Crippen LogP contribution < -0.4 is 0 Å². The molecule has 0 aromatic heterocycles. The molecule has 1 aliphatic heterocycles. The van der Waals surface area contributed by atoms with Crippen molar-refractivity contribution in [3.8, 4) is 0 Å². The van der Waals surface area contributed by atoms with Crippen molar-refractivity contribution in [1.29, 1.82) is 0 Å². The molecule has 0 spiro atoms. The quantitative estimate of drug-likeness (QED) is 0.531. The van der Waals surface area contributed by atoms with E-state index in [9.17, 15) is 9.59 Å². The van der Waals surface area contributed by atoms with Gasteiger partial charge in [-0.05, 0) is 17.8 Å². The van der Waals surface area contributed by atoms with Crippen LogP contribution in [0.25, 0.3) is 0 Å². The number of ether oxygens (including phenoxy) is 1. The maximum Gasteiger partial charge on any atom is 0.317 e. The summed E-state index contributed by atoms with van der Waals surface area (Å²) in [4.78, 5) is 22.5. The molecule has 3 heteroatoms. The summed E-state index contributed by atoms with van der Waals surface area (Å²) in [5.74, 6) is -0.391. The van der Waals surface area contributed by atoms with Gasteiger partial charge in [0.15, 0.2) is 0 Å². The third-order valence-electron chi connectivity index (χ3n) is 3.38. The van der Waals surface area contributed by atoms with Crippen molar-refractivity contribution in [2.75, 3.05) is 0 Å². The van der Waals surface area contributed by atoms with Gasteiger partial charge in [-0.1, -0.05) is 34.1 Å². The molecule has 1 unspecified atom stereocenters. The Morgan fingerprint density at radius 1 is 1.47 bits per heavy atom. The molecule has 3 nitrogen and oxygen atoms in total. The van der Waals surface area contributed by atoms with E-state index in [1.54, 1.807) is 0 Å². The van der Waals surface area contributed by atoms with Crippen molar-refractivity contribution in [2.24, 2.45) is 17.3 Å². The largest absolute Gasteiger partial charge is 0.393 e. The standard InChI is InChI=1S/C12H20O3/c1-5-8(2)7-12(3,4)9-6-10(13)15-11(9)14/h8-9H,5-7H2,1-4H3/t8-,9?/m0/s1. The van der Waals surface area contributed by atoms with Gasteiger partial charge in [-0.3, -0.25) is 9.59 Å². The van der Waals surface area contributed by atoms with Crippen LogP contribution in [-0.2, 0) is 14.3 Å². The second-order valence-electron chi connectivity index (χ2n) is 5.26. The molecule has 0 saturated carbocycles. The average molecular weight is 212 g/mol. The van der Waals surface area contributed by atoms with Crippen LogP contribution in [0.2, 0.25) is 0 Å². The molecule has 0 bridgehead atoms. The minimum absolute atomic E-state index is 0.140. The third-order valence-corrected chi connectivity index (χ3v) is 3.38. The Labute approximate surface area is 91.2 Å². The lowest BCUT2D eigenvalue weighted by molar-refractivity contribution is -0.154. The fourth-order valence-electron chi connectivity index (χ4n) is 2.26. The van der Waals surface area contributed by atoms with E-state index in [4.69, 9.17) is 0 Å². The van der Waals surface area contributed by atoms with E-state index in [2.05, 4.69) is 18.6 Å². The zero-order valence-electron chi connectivity index (χ0n) is 10.0. The third kappa shape index (κ3) is 2.80. The molecule has 0 amide bonds. The molecule has 1 saturated heterocycles. The van der Waals surface area contributed by atoms with Crippen LogP contribution in [0, 0.1) is 17.3 Å². The van der Waals surface area contributed by atoms with Crippen molar-refractivity contribution in [3.63, 3.8) is 0 Å². The van der Waals surface area contributed by atoms with Crippen LogP contribution in [0.3, 0.4) is 0 Å². The molecule has 15 heavy (non-hydrogen) atoms. The molecular formula is C12H20O3. The monoisotopic (exact) mass is 212 g/mol. The summed E-state index contributed by atoms with van der Waals surface area (Å²) in [6, 6.07) is 0. The van der Waals surface area contributed by atoms with E-state index in [0.29, 0.717) is 5.92 Å². The first-order valence-corrected chi connectivity index (χ1v) is 5.61. The van der Waals surface area contributed by atoms with E-state index >= 15 is 0 Å². The van der Waals surface area contributed by atoms with Crippen LogP contribution in [0.1, 0.15) is 47.0 Å². The Bertz CT molecular complexity index is 268. The van der Waals surface area contributed by atoms with E-state index in [1.807, 2.05) is 13.8 Å². The summed E-state index contributed by atoms with van der Waals surface area (Å²) in [6.45, 7) is 8.40. The molecule has 1 heterocycles. The molecule has 1 rings (SSSR count). The maximum atomic E-state index is 11.5. The van der Waals surface area contributed by atoms with E-state index < -0.39 is 0 Å². The highest BCUT2D eigenvalue weighted by Gasteiger charge is 2.44. The Morgan fingerprint density at radius 3 is 2.47 bits per heavy atom. The van der Waals surface area contributed by atoms with E-state index in [1.165, 1.54) is 0 Å². The fourth-order valence-corrected chi connectivity index (χ4v) is 2.26. The lowest BCUT2D eigenvalue weighted by Gasteiger charge is -2.30. The summed E-state index contributed by atoms with van der Waals surface area (Å²) in [7, 11) is 0. The van der Waals surface area contributed by atoms with Crippen molar-refractivity contribution >= 4 is 11.9 Å². The highest BCUT2D eigenvalue weighted by molar-refractivity contribution is 5.95. The Balaban J connectivity index is 2.68. The van der Waals surface area contributed by atoms with Gasteiger partial charge in [0.25, 0.3) is 0 Å². The van der Waals surface area contributed by atoms with Crippen LogP contribution in [-0.4, -0.2) is 11.9 Å². The van der Waals surface area contributed by atoms with Crippen molar-refractivity contribution < 1.29 is 14.3 Å². The molecule has 0 aromatic carbocycles. The smallest absolute Gasteiger partial charge is 0.317 e. The molecule has 0 aliphatic carbocycles. The molecule has 1 fully saturated rings. The number of carbonyl (C=O) groups is 2. The van der Waals surface area contributed by atoms with E-state index in [-0.39, 0.29) is 29.7 Å². The zero-order chi connectivity index (χ0) is 11.6. The van der Waals surface area contributed by atoms with Gasteiger partial charge in [0.05, 0.1) is 12.3 Å². The Kier molecular flexibility index (Phi) is 3.53. The molecule has 0 N–H and O–H groups in total. The van der Waals surface area contributed by atoms with Gasteiger partial charge in [0.1, 0.15) is 0 Å². The first-order chi connectivity index (χ1) is 6.86. The van der Waals surface area contributed by atoms with Crippen LogP contribution in [0.5, 0.6) is 0 Å². The molecule has 1 aliphatic rings. The SMILES string of the molecule is CC[C@H](C)CC(C)(C)C1CC(=O)OC1=O. The van der Waals surface area contributed by atoms with Crippen LogP contribution in [0.4, 0.5) is 0 Å². The first-order valence-electron chi connectivity index (χ1n) is 5.61. The van der Waals surface area contributed by atoms with Gasteiger partial charge in [-0.15, -0.1) is 0 Å². The predicted octanol–water partition coefficient (Wildman–Crippen LogP) is 2.54. The summed E-state index contributed by atoms with van der Waals surface area (Å²) in [6.07, 6.45) is 2.30. The minimum Gasteiger partial charge on any atom is -0.393 e. The molecule has 0 aromatic rings. The molecular weight excluding hydrogens is 192 g/mol. The van der Waals surface area contributed by atoms with Gasteiger partial charge >= 0.3 is 11.9 Å². The van der Waals surface area contributed by atoms with Crippen molar-refractivity contribution in [3.05, 3.63) is 0 Å². The number of hydrogen-bond acceptors (Lipinski definition) is 3. The summed E-state index contributed by atoms with van der Waals surface area (Å²) in [5.41, 5.74) is -0.140. The summed E-state index contributed by atoms with van der Waals surface area (Å²) < 4.78 is 4.60. The van der Waals surface area contributed by atoms with Gasteiger partial charge in [0.2, 0.25) is 0 Å². The van der Waals surface area contributed by atoms with Gasteiger partial charge in [0, 0.05) is 0 Å². The maximum absolute atomic E-state index is 11.5. The van der Waals surface area contributed by atoms with Crippen LogP contribution >= 0.6 is 0 Å². The fraction of sp³-hybridized carbons (Fsp3) is 0.833. The second kappa shape index (κ2) is 4.33. The topological polar surface area (TPSA) is 43.4 Å². The number of esters is 2. The van der Waals surface area contributed by atoms with Gasteiger partial charge in [-0.2, -0.15) is 0 Å². The van der Waals surface area contributed by atoms with E-state index in [0.717, 1.165) is 12.8 Å². The van der Waals surface area contributed by atoms with Gasteiger partial charge < -0.3 is 4.74 Å². The lowest BCUT2D eigenvalue weighted by Crippen LogP contribution is -2.29. The van der Waals surface area contributed by atoms with Gasteiger partial charge in [-0.25, -0.2) is 0 Å². The van der Waals surface area contributed by atoms with Crippen molar-refractivity contribution in [2.45, 2.75) is 47.0 Å². The second-order valence-corrected chi connectivity index (χ2v) is 5.26. The highest BCUT2D eigenvalue weighted by Crippen LogP contribution is 2.40. The Morgan fingerprint density at radius 2 is 2.07 bits per heavy atom. The Hall–Kier alpha value is -0.860. The van der Waals surface area contributed by atoms with Crippen molar-refractivity contribution in [1.82, 2.24) is 0 Å². The average Bonchev–Trinajstić information content (AvgIpc) is 2.45. The van der Waals surface area contributed by atoms with Crippen LogP contribution in [0.15, 0.2) is 0 Å². The highest BCUT2D eigenvalue weighted by atomic mass is 16.6. The number of hydrogen-bond donors (Lipinski definition) is 0. The number of rotatable bonds is 4. The molecule has 86 valence electrons. The predicted molar refractivity (Wildman–Crippen MR) is 57.1 cm³/mol.